The summed E-state index contributed by atoms with van der Waals surface area (Å²) in [7, 11) is 0. The molecular weight excluding hydrogens is 222 g/mol. The van der Waals surface area contributed by atoms with Crippen LogP contribution in [-0.4, -0.2) is 15.9 Å². The van der Waals surface area contributed by atoms with Crippen LogP contribution in [0.3, 0.4) is 0 Å². The monoisotopic (exact) mass is 233 g/mol. The van der Waals surface area contributed by atoms with Crippen LogP contribution in [0.1, 0.15) is 28.2 Å². The summed E-state index contributed by atoms with van der Waals surface area (Å²) in [6.45, 7) is 1.93. The highest BCUT2D eigenvalue weighted by atomic mass is 32.1. The number of nitrogens with one attached hydrogen (secondary N) is 1. The number of hydrogen-bond acceptors (Lipinski definition) is 4. The van der Waals surface area contributed by atoms with Crippen LogP contribution >= 0.6 is 11.3 Å². The molecule has 0 unspecified atom stereocenters. The predicted octanol–water partition coefficient (Wildman–Crippen LogP) is 2.03. The van der Waals surface area contributed by atoms with Crippen molar-refractivity contribution in [2.45, 2.75) is 13.0 Å². The van der Waals surface area contributed by atoms with Crippen molar-refractivity contribution in [3.63, 3.8) is 0 Å². The number of carbonyl (C=O) groups is 1. The zero-order valence-corrected chi connectivity index (χ0v) is 9.57. The SMILES string of the molecule is C[C@@H](NC(=O)c1cccnc1)c1cncs1. The Hall–Kier alpha value is -1.75. The number of amides is 1. The number of thiazole rings is 1. The Balaban J connectivity index is 2.03. The van der Waals surface area contributed by atoms with Gasteiger partial charge in [-0.2, -0.15) is 0 Å². The smallest absolute Gasteiger partial charge is 0.253 e. The lowest BCUT2D eigenvalue weighted by molar-refractivity contribution is 0.0940. The van der Waals surface area contributed by atoms with Crippen molar-refractivity contribution < 1.29 is 4.79 Å². The Morgan fingerprint density at radius 1 is 1.44 bits per heavy atom. The van der Waals surface area contributed by atoms with Crippen molar-refractivity contribution in [3.05, 3.63) is 46.7 Å². The molecule has 0 aliphatic carbocycles. The first-order chi connectivity index (χ1) is 7.77. The normalized spacial score (nSPS) is 12.1. The predicted molar refractivity (Wildman–Crippen MR) is 62.2 cm³/mol. The molecule has 5 heteroatoms. The van der Waals surface area contributed by atoms with E-state index in [1.165, 1.54) is 11.3 Å². The van der Waals surface area contributed by atoms with E-state index in [0.717, 1.165) is 4.88 Å². The molecule has 0 saturated heterocycles. The molecule has 2 aromatic heterocycles. The number of hydrogen-bond donors (Lipinski definition) is 1. The van der Waals surface area contributed by atoms with Crippen LogP contribution in [0.2, 0.25) is 0 Å². The molecule has 1 N–H and O–H groups in total. The van der Waals surface area contributed by atoms with Gasteiger partial charge in [0.1, 0.15) is 0 Å². The minimum atomic E-state index is -0.117. The molecule has 0 fully saturated rings. The third kappa shape index (κ3) is 2.43. The second kappa shape index (κ2) is 4.85. The molecule has 2 heterocycles. The lowest BCUT2D eigenvalue weighted by atomic mass is 10.2. The van der Waals surface area contributed by atoms with Crippen molar-refractivity contribution in [1.29, 1.82) is 0 Å². The number of carbonyl (C=O) groups excluding carboxylic acids is 1. The fraction of sp³-hybridized carbons (Fsp3) is 0.182. The van der Waals surface area contributed by atoms with E-state index in [2.05, 4.69) is 15.3 Å². The fourth-order valence-corrected chi connectivity index (χ4v) is 1.92. The third-order valence-electron chi connectivity index (χ3n) is 2.15. The molecule has 0 aromatic carbocycles. The van der Waals surface area contributed by atoms with Crippen molar-refractivity contribution in [3.8, 4) is 0 Å². The van der Waals surface area contributed by atoms with Gasteiger partial charge < -0.3 is 5.32 Å². The Bertz CT molecular complexity index is 455. The van der Waals surface area contributed by atoms with Gasteiger partial charge in [-0.05, 0) is 19.1 Å². The van der Waals surface area contributed by atoms with Gasteiger partial charge in [-0.15, -0.1) is 11.3 Å². The lowest BCUT2D eigenvalue weighted by Crippen LogP contribution is -2.26. The van der Waals surface area contributed by atoms with Crippen LogP contribution < -0.4 is 5.32 Å². The van der Waals surface area contributed by atoms with E-state index in [1.807, 2.05) is 6.92 Å². The van der Waals surface area contributed by atoms with Gasteiger partial charge in [0.25, 0.3) is 5.91 Å². The molecule has 0 spiro atoms. The van der Waals surface area contributed by atoms with E-state index >= 15 is 0 Å². The van der Waals surface area contributed by atoms with Crippen LogP contribution in [0.15, 0.2) is 36.2 Å². The van der Waals surface area contributed by atoms with E-state index in [-0.39, 0.29) is 11.9 Å². The van der Waals surface area contributed by atoms with Gasteiger partial charge >= 0.3 is 0 Å². The van der Waals surface area contributed by atoms with E-state index in [0.29, 0.717) is 5.56 Å². The highest BCUT2D eigenvalue weighted by molar-refractivity contribution is 7.09. The minimum Gasteiger partial charge on any atom is -0.345 e. The molecule has 0 saturated carbocycles. The molecule has 0 bridgehead atoms. The molecular formula is C11H11N3OS. The van der Waals surface area contributed by atoms with Crippen LogP contribution in [0.4, 0.5) is 0 Å². The molecule has 82 valence electrons. The summed E-state index contributed by atoms with van der Waals surface area (Å²) in [5.74, 6) is -0.117. The highest BCUT2D eigenvalue weighted by Gasteiger charge is 2.12. The van der Waals surface area contributed by atoms with Crippen LogP contribution in [0, 0.1) is 0 Å². The largest absolute Gasteiger partial charge is 0.345 e. The maximum Gasteiger partial charge on any atom is 0.253 e. The summed E-state index contributed by atoms with van der Waals surface area (Å²) < 4.78 is 0. The van der Waals surface area contributed by atoms with Crippen LogP contribution in [-0.2, 0) is 0 Å². The third-order valence-corrected chi connectivity index (χ3v) is 3.11. The second-order valence-electron chi connectivity index (χ2n) is 3.34. The summed E-state index contributed by atoms with van der Waals surface area (Å²) in [5, 5.41) is 2.89. The van der Waals surface area contributed by atoms with Gasteiger partial charge in [0.15, 0.2) is 0 Å². The molecule has 1 atom stereocenters. The molecule has 16 heavy (non-hydrogen) atoms. The minimum absolute atomic E-state index is 0.0276. The maximum atomic E-state index is 11.8. The zero-order chi connectivity index (χ0) is 11.4. The summed E-state index contributed by atoms with van der Waals surface area (Å²) in [5.41, 5.74) is 2.32. The summed E-state index contributed by atoms with van der Waals surface area (Å²) in [4.78, 5) is 20.7. The number of nitrogens with zero attached hydrogens (tertiary/aromatic N) is 2. The first kappa shape index (κ1) is 10.8. The van der Waals surface area contributed by atoms with E-state index in [9.17, 15) is 4.79 Å². The van der Waals surface area contributed by atoms with Crippen molar-refractivity contribution >= 4 is 17.2 Å². The van der Waals surface area contributed by atoms with Crippen molar-refractivity contribution in [2.24, 2.45) is 0 Å². The summed E-state index contributed by atoms with van der Waals surface area (Å²) >= 11 is 1.53. The van der Waals surface area contributed by atoms with E-state index in [4.69, 9.17) is 0 Å². The average Bonchev–Trinajstić information content (AvgIpc) is 2.83. The molecule has 1 amide bonds. The topological polar surface area (TPSA) is 54.9 Å². The first-order valence-corrected chi connectivity index (χ1v) is 5.74. The average molecular weight is 233 g/mol. The van der Waals surface area contributed by atoms with Crippen LogP contribution in [0.25, 0.3) is 0 Å². The van der Waals surface area contributed by atoms with Gasteiger partial charge in [0, 0.05) is 23.5 Å². The molecule has 0 aliphatic heterocycles. The highest BCUT2D eigenvalue weighted by Crippen LogP contribution is 2.16. The summed E-state index contributed by atoms with van der Waals surface area (Å²) in [6.07, 6.45) is 4.96. The number of rotatable bonds is 3. The first-order valence-electron chi connectivity index (χ1n) is 4.86. The van der Waals surface area contributed by atoms with Gasteiger partial charge in [0.05, 0.1) is 17.1 Å². The van der Waals surface area contributed by atoms with Gasteiger partial charge in [0.2, 0.25) is 0 Å². The molecule has 4 nitrogen and oxygen atoms in total. The molecule has 0 aliphatic rings. The van der Waals surface area contributed by atoms with Gasteiger partial charge in [-0.1, -0.05) is 0 Å². The molecule has 0 radical (unpaired) electrons. The Morgan fingerprint density at radius 3 is 2.94 bits per heavy atom. The zero-order valence-electron chi connectivity index (χ0n) is 8.75. The Labute approximate surface area is 97.4 Å². The van der Waals surface area contributed by atoms with Crippen molar-refractivity contribution in [1.82, 2.24) is 15.3 Å². The quantitative estimate of drug-likeness (QED) is 0.882. The lowest BCUT2D eigenvalue weighted by Gasteiger charge is -2.11. The van der Waals surface area contributed by atoms with Crippen molar-refractivity contribution in [2.75, 3.05) is 0 Å². The second-order valence-corrected chi connectivity index (χ2v) is 4.26. The molecule has 2 aromatic rings. The van der Waals surface area contributed by atoms with E-state index < -0.39 is 0 Å². The number of aromatic nitrogens is 2. The fourth-order valence-electron chi connectivity index (χ4n) is 1.29. The van der Waals surface area contributed by atoms with Crippen LogP contribution in [0.5, 0.6) is 0 Å². The number of pyridine rings is 1. The van der Waals surface area contributed by atoms with E-state index in [1.54, 1.807) is 36.2 Å². The van der Waals surface area contributed by atoms with Gasteiger partial charge in [-0.3, -0.25) is 14.8 Å². The maximum absolute atomic E-state index is 11.8. The van der Waals surface area contributed by atoms with Gasteiger partial charge in [-0.25, -0.2) is 0 Å². The standard InChI is InChI=1S/C11H11N3OS/c1-8(10-6-13-7-16-10)14-11(15)9-3-2-4-12-5-9/h2-8H,1H3,(H,14,15)/t8-/m1/s1. The molecule has 2 rings (SSSR count). The Morgan fingerprint density at radius 2 is 2.31 bits per heavy atom. The summed E-state index contributed by atoms with van der Waals surface area (Å²) in [6, 6.07) is 3.45. The Kier molecular flexibility index (Phi) is 3.26.